The summed E-state index contributed by atoms with van der Waals surface area (Å²) >= 11 is 0. The van der Waals surface area contributed by atoms with E-state index in [0.29, 0.717) is 17.6 Å². The molecule has 1 amide bonds. The third kappa shape index (κ3) is 4.81. The van der Waals surface area contributed by atoms with E-state index >= 15 is 0 Å². The summed E-state index contributed by atoms with van der Waals surface area (Å²) in [4.78, 5) is 15.8. The topological polar surface area (TPSA) is 70.2 Å². The number of carbonyl (C=O) groups excluding carboxylic acids is 1. The molecule has 2 aliphatic rings. The van der Waals surface area contributed by atoms with Crippen molar-refractivity contribution >= 4 is 16.8 Å². The monoisotopic (exact) mass is 508 g/mol. The van der Waals surface area contributed by atoms with Crippen molar-refractivity contribution in [3.63, 3.8) is 0 Å². The first-order chi connectivity index (χ1) is 18.5. The lowest BCUT2D eigenvalue weighted by Crippen LogP contribution is -2.43. The number of carbonyl (C=O) groups is 1. The van der Waals surface area contributed by atoms with E-state index in [2.05, 4.69) is 65.6 Å². The number of benzene rings is 3. The number of nitrogens with zero attached hydrogens (tertiary/aromatic N) is 2. The normalized spacial score (nSPS) is 22.1. The molecule has 6 nitrogen and oxygen atoms in total. The lowest BCUT2D eigenvalue weighted by molar-refractivity contribution is 0.0662. The van der Waals surface area contributed by atoms with Crippen LogP contribution in [0.2, 0.25) is 0 Å². The highest BCUT2D eigenvalue weighted by atomic mass is 16.5. The molecule has 3 heterocycles. The maximum absolute atomic E-state index is 13.3. The molecular formula is C32H36N4O2. The van der Waals surface area contributed by atoms with Gasteiger partial charge < -0.3 is 15.0 Å². The summed E-state index contributed by atoms with van der Waals surface area (Å²) in [6, 6.07) is 25.3. The Kier molecular flexibility index (Phi) is 6.66. The molecule has 0 aliphatic carbocycles. The van der Waals surface area contributed by atoms with Gasteiger partial charge in [-0.1, -0.05) is 44.2 Å². The van der Waals surface area contributed by atoms with Crippen LogP contribution in [0.1, 0.15) is 61.5 Å². The van der Waals surface area contributed by atoms with E-state index in [1.54, 1.807) is 0 Å². The molecule has 196 valence electrons. The SMILES string of the molecule is CC(C)C(NC(=O)c1ccc2[nH]nc(-c3ccc(O[C@@H]4C[C@H]5CC[C@@H](C4)N5C)cc3)c2c1)c1ccccc1. The van der Waals surface area contributed by atoms with Crippen LogP contribution < -0.4 is 10.1 Å². The van der Waals surface area contributed by atoms with Gasteiger partial charge in [0.15, 0.2) is 0 Å². The lowest BCUT2D eigenvalue weighted by Gasteiger charge is -2.36. The Morgan fingerprint density at radius 1 is 1.00 bits per heavy atom. The van der Waals surface area contributed by atoms with Crippen molar-refractivity contribution < 1.29 is 9.53 Å². The first-order valence-corrected chi connectivity index (χ1v) is 13.8. The van der Waals surface area contributed by atoms with Crippen LogP contribution in [-0.2, 0) is 0 Å². The number of hydrogen-bond donors (Lipinski definition) is 2. The highest BCUT2D eigenvalue weighted by Gasteiger charge is 2.39. The molecule has 1 aromatic heterocycles. The van der Waals surface area contributed by atoms with Gasteiger partial charge in [0.1, 0.15) is 11.9 Å². The standard InChI is InChI=1S/C32H36N4O2/c1-20(2)30(21-7-5-4-6-8-21)33-32(37)23-11-16-29-28(17-23)31(35-34-29)22-9-14-26(15-10-22)38-27-18-24-12-13-25(19-27)36(24)3/h4-11,14-17,20,24-25,27,30H,12-13,18-19H2,1-3H3,(H,33,37)(H,34,35)/t24-,25+,27-,30?. The van der Waals surface area contributed by atoms with Crippen molar-refractivity contribution in [2.75, 3.05) is 7.05 Å². The molecule has 2 N–H and O–H groups in total. The van der Waals surface area contributed by atoms with E-state index in [1.807, 2.05) is 48.5 Å². The van der Waals surface area contributed by atoms with Gasteiger partial charge in [-0.15, -0.1) is 0 Å². The van der Waals surface area contributed by atoms with Crippen LogP contribution in [-0.4, -0.2) is 46.2 Å². The fraction of sp³-hybridized carbons (Fsp3) is 0.375. The molecule has 4 atom stereocenters. The summed E-state index contributed by atoms with van der Waals surface area (Å²) in [7, 11) is 2.25. The van der Waals surface area contributed by atoms with E-state index in [-0.39, 0.29) is 24.0 Å². The minimum atomic E-state index is -0.0857. The van der Waals surface area contributed by atoms with Crippen LogP contribution in [0.4, 0.5) is 0 Å². The van der Waals surface area contributed by atoms with E-state index in [0.717, 1.165) is 46.3 Å². The smallest absolute Gasteiger partial charge is 0.251 e. The van der Waals surface area contributed by atoms with Gasteiger partial charge in [-0.05, 0) is 86.7 Å². The fourth-order valence-electron chi connectivity index (χ4n) is 6.24. The second-order valence-electron chi connectivity index (χ2n) is 11.2. The first kappa shape index (κ1) is 24.7. The fourth-order valence-corrected chi connectivity index (χ4v) is 6.24. The summed E-state index contributed by atoms with van der Waals surface area (Å²) in [6.45, 7) is 4.25. The minimum Gasteiger partial charge on any atom is -0.490 e. The van der Waals surface area contributed by atoms with Gasteiger partial charge in [-0.2, -0.15) is 5.10 Å². The number of nitrogens with one attached hydrogen (secondary N) is 2. The third-order valence-corrected chi connectivity index (χ3v) is 8.42. The van der Waals surface area contributed by atoms with Crippen molar-refractivity contribution in [1.82, 2.24) is 20.4 Å². The zero-order valence-corrected chi connectivity index (χ0v) is 22.4. The van der Waals surface area contributed by atoms with Gasteiger partial charge in [0.05, 0.1) is 17.3 Å². The van der Waals surface area contributed by atoms with E-state index in [4.69, 9.17) is 4.74 Å². The molecular weight excluding hydrogens is 472 g/mol. The highest BCUT2D eigenvalue weighted by molar-refractivity contribution is 6.01. The molecule has 2 bridgehead atoms. The Morgan fingerprint density at radius 2 is 1.71 bits per heavy atom. The predicted octanol–water partition coefficient (Wildman–Crippen LogP) is 6.36. The zero-order valence-electron chi connectivity index (χ0n) is 22.4. The average Bonchev–Trinajstić information content (AvgIpc) is 3.43. The number of hydrogen-bond acceptors (Lipinski definition) is 4. The lowest BCUT2D eigenvalue weighted by atomic mass is 9.95. The number of H-pyrrole nitrogens is 1. The van der Waals surface area contributed by atoms with E-state index < -0.39 is 0 Å². The van der Waals surface area contributed by atoms with Crippen LogP contribution in [0.25, 0.3) is 22.2 Å². The van der Waals surface area contributed by atoms with E-state index in [1.165, 1.54) is 12.8 Å². The molecule has 38 heavy (non-hydrogen) atoms. The quantitative estimate of drug-likeness (QED) is 0.305. The summed E-state index contributed by atoms with van der Waals surface area (Å²) in [5.41, 5.74) is 4.47. The highest BCUT2D eigenvalue weighted by Crippen LogP contribution is 2.36. The van der Waals surface area contributed by atoms with Gasteiger partial charge in [-0.3, -0.25) is 9.89 Å². The largest absolute Gasteiger partial charge is 0.490 e. The Balaban J connectivity index is 1.19. The molecule has 6 heteroatoms. The van der Waals surface area contributed by atoms with Crippen LogP contribution >= 0.6 is 0 Å². The molecule has 2 aliphatic heterocycles. The summed E-state index contributed by atoms with van der Waals surface area (Å²) in [5, 5.41) is 11.9. The van der Waals surface area contributed by atoms with Crippen molar-refractivity contribution in [3.05, 3.63) is 83.9 Å². The number of aromatic nitrogens is 2. The zero-order chi connectivity index (χ0) is 26.2. The second kappa shape index (κ2) is 10.3. The summed E-state index contributed by atoms with van der Waals surface area (Å²) in [6.07, 6.45) is 5.07. The van der Waals surface area contributed by atoms with Crippen LogP contribution in [0.3, 0.4) is 0 Å². The van der Waals surface area contributed by atoms with Crippen molar-refractivity contribution in [3.8, 4) is 17.0 Å². The van der Waals surface area contributed by atoms with Crippen LogP contribution in [0.15, 0.2) is 72.8 Å². The predicted molar refractivity (Wildman–Crippen MR) is 151 cm³/mol. The number of aromatic amines is 1. The molecule has 4 aromatic rings. The molecule has 2 saturated heterocycles. The average molecular weight is 509 g/mol. The van der Waals surface area contributed by atoms with Crippen molar-refractivity contribution in [2.24, 2.45) is 5.92 Å². The molecule has 0 radical (unpaired) electrons. The molecule has 2 fully saturated rings. The third-order valence-electron chi connectivity index (χ3n) is 8.42. The second-order valence-corrected chi connectivity index (χ2v) is 11.2. The van der Waals surface area contributed by atoms with Gasteiger partial charge in [-0.25, -0.2) is 0 Å². The number of rotatable bonds is 7. The molecule has 0 saturated carbocycles. The van der Waals surface area contributed by atoms with E-state index in [9.17, 15) is 4.79 Å². The Labute approximate surface area is 224 Å². The van der Waals surface area contributed by atoms with Crippen LogP contribution in [0.5, 0.6) is 5.75 Å². The summed E-state index contributed by atoms with van der Waals surface area (Å²) in [5.74, 6) is 1.08. The number of ether oxygens (including phenoxy) is 1. The number of amides is 1. The maximum atomic E-state index is 13.3. The van der Waals surface area contributed by atoms with Gasteiger partial charge in [0, 0.05) is 28.6 Å². The van der Waals surface area contributed by atoms with Crippen LogP contribution in [0, 0.1) is 5.92 Å². The molecule has 3 aromatic carbocycles. The summed E-state index contributed by atoms with van der Waals surface area (Å²) < 4.78 is 6.38. The first-order valence-electron chi connectivity index (χ1n) is 13.8. The Bertz CT molecular complexity index is 1400. The molecule has 0 spiro atoms. The maximum Gasteiger partial charge on any atom is 0.251 e. The Morgan fingerprint density at radius 3 is 2.39 bits per heavy atom. The van der Waals surface area contributed by atoms with Crippen molar-refractivity contribution in [1.29, 1.82) is 0 Å². The van der Waals surface area contributed by atoms with Gasteiger partial charge in [0.25, 0.3) is 5.91 Å². The minimum absolute atomic E-state index is 0.0597. The molecule has 6 rings (SSSR count). The Hall–Kier alpha value is -3.64. The van der Waals surface area contributed by atoms with Gasteiger partial charge >= 0.3 is 0 Å². The van der Waals surface area contributed by atoms with Crippen molar-refractivity contribution in [2.45, 2.75) is 63.8 Å². The number of fused-ring (bicyclic) bond motifs is 3. The number of piperidine rings is 1. The van der Waals surface area contributed by atoms with Gasteiger partial charge in [0.2, 0.25) is 0 Å². The molecule has 1 unspecified atom stereocenters.